The van der Waals surface area contributed by atoms with E-state index in [1.807, 2.05) is 38.1 Å². The molecular weight excluding hydrogens is 304 g/mol. The van der Waals surface area contributed by atoms with Crippen molar-refractivity contribution in [2.24, 2.45) is 0 Å². The Morgan fingerprint density at radius 3 is 2.59 bits per heavy atom. The molecule has 1 saturated heterocycles. The molecule has 0 bridgehead atoms. The molecule has 2 rings (SSSR count). The Labute approximate surface area is 131 Å². The molecule has 2 amide bonds. The summed E-state index contributed by atoms with van der Waals surface area (Å²) in [6.07, 6.45) is 0.479. The van der Waals surface area contributed by atoms with Gasteiger partial charge in [0.25, 0.3) is 0 Å². The van der Waals surface area contributed by atoms with Crippen molar-refractivity contribution in [2.75, 3.05) is 18.1 Å². The van der Waals surface area contributed by atoms with Crippen molar-refractivity contribution in [2.45, 2.75) is 32.4 Å². The lowest BCUT2D eigenvalue weighted by Crippen LogP contribution is -2.43. The van der Waals surface area contributed by atoms with Crippen LogP contribution in [-0.2, 0) is 9.84 Å². The zero-order valence-corrected chi connectivity index (χ0v) is 13.7. The maximum Gasteiger partial charge on any atom is 0.315 e. The van der Waals surface area contributed by atoms with Gasteiger partial charge in [-0.3, -0.25) is 0 Å². The molecule has 22 heavy (non-hydrogen) atoms. The predicted molar refractivity (Wildman–Crippen MR) is 84.8 cm³/mol. The first kappa shape index (κ1) is 16.6. The third-order valence-electron chi connectivity index (χ3n) is 3.61. The quantitative estimate of drug-likeness (QED) is 0.861. The van der Waals surface area contributed by atoms with E-state index in [0.29, 0.717) is 13.0 Å². The summed E-state index contributed by atoms with van der Waals surface area (Å²) in [7, 11) is -2.99. The Bertz CT molecular complexity index is 613. The van der Waals surface area contributed by atoms with Gasteiger partial charge in [-0.25, -0.2) is 13.2 Å². The highest BCUT2D eigenvalue weighted by Gasteiger charge is 2.29. The zero-order chi connectivity index (χ0) is 16.2. The fourth-order valence-electron chi connectivity index (χ4n) is 2.44. The smallest absolute Gasteiger partial charge is 0.315 e. The summed E-state index contributed by atoms with van der Waals surface area (Å²) in [5, 5.41) is 5.53. The normalized spacial score (nSPS) is 21.1. The molecule has 2 atom stereocenters. The van der Waals surface area contributed by atoms with Gasteiger partial charge in [0.1, 0.15) is 5.75 Å². The predicted octanol–water partition coefficient (Wildman–Crippen LogP) is 1.63. The average Bonchev–Trinajstić information content (AvgIpc) is 2.78. The second kappa shape index (κ2) is 7.00. The molecule has 122 valence electrons. The van der Waals surface area contributed by atoms with E-state index in [1.54, 1.807) is 0 Å². The van der Waals surface area contributed by atoms with Crippen LogP contribution in [0.5, 0.6) is 5.75 Å². The van der Waals surface area contributed by atoms with Crippen LogP contribution in [0.3, 0.4) is 0 Å². The first-order valence-corrected chi connectivity index (χ1v) is 9.22. The highest BCUT2D eigenvalue weighted by atomic mass is 32.2. The van der Waals surface area contributed by atoms with Crippen LogP contribution in [0.4, 0.5) is 4.79 Å². The number of nitrogens with one attached hydrogen (secondary N) is 2. The number of carbonyl (C=O) groups excluding carboxylic acids is 1. The van der Waals surface area contributed by atoms with Crippen LogP contribution in [0.15, 0.2) is 24.3 Å². The summed E-state index contributed by atoms with van der Waals surface area (Å²) in [6, 6.07) is 6.71. The standard InChI is InChI=1S/C15H22N2O4S/c1-3-21-14-6-4-12(5-7-14)11(2)16-15(18)17-13-8-9-22(19,20)10-13/h4-7,11,13H,3,8-10H2,1-2H3,(H2,16,17,18)/t11-,13+/m1/s1. The van der Waals surface area contributed by atoms with Crippen LogP contribution in [0.2, 0.25) is 0 Å². The van der Waals surface area contributed by atoms with Crippen molar-refractivity contribution in [1.29, 1.82) is 0 Å². The Hall–Kier alpha value is -1.76. The summed E-state index contributed by atoms with van der Waals surface area (Å²) in [4.78, 5) is 11.9. The topological polar surface area (TPSA) is 84.5 Å². The van der Waals surface area contributed by atoms with Gasteiger partial charge in [-0.05, 0) is 38.0 Å². The largest absolute Gasteiger partial charge is 0.494 e. The molecule has 7 heteroatoms. The molecule has 0 saturated carbocycles. The van der Waals surface area contributed by atoms with Crippen LogP contribution >= 0.6 is 0 Å². The minimum Gasteiger partial charge on any atom is -0.494 e. The first-order valence-electron chi connectivity index (χ1n) is 7.40. The lowest BCUT2D eigenvalue weighted by Gasteiger charge is -2.17. The van der Waals surface area contributed by atoms with Crippen molar-refractivity contribution in [3.8, 4) is 5.75 Å². The van der Waals surface area contributed by atoms with Gasteiger partial charge in [0.15, 0.2) is 9.84 Å². The molecule has 1 heterocycles. The van der Waals surface area contributed by atoms with Crippen molar-refractivity contribution in [3.63, 3.8) is 0 Å². The Balaban J connectivity index is 1.85. The van der Waals surface area contributed by atoms with Crippen molar-refractivity contribution < 1.29 is 17.9 Å². The lowest BCUT2D eigenvalue weighted by atomic mass is 10.1. The summed E-state index contributed by atoms with van der Waals surface area (Å²) < 4.78 is 28.1. The van der Waals surface area contributed by atoms with E-state index in [-0.39, 0.29) is 29.6 Å². The second-order valence-electron chi connectivity index (χ2n) is 5.44. The highest BCUT2D eigenvalue weighted by molar-refractivity contribution is 7.91. The van der Waals surface area contributed by atoms with E-state index in [4.69, 9.17) is 4.74 Å². The fraction of sp³-hybridized carbons (Fsp3) is 0.533. The van der Waals surface area contributed by atoms with E-state index in [1.165, 1.54) is 0 Å². The molecule has 0 spiro atoms. The van der Waals surface area contributed by atoms with E-state index >= 15 is 0 Å². The molecule has 2 N–H and O–H groups in total. The van der Waals surface area contributed by atoms with E-state index in [9.17, 15) is 13.2 Å². The van der Waals surface area contributed by atoms with Gasteiger partial charge in [-0.1, -0.05) is 12.1 Å². The van der Waals surface area contributed by atoms with Crippen LogP contribution < -0.4 is 15.4 Å². The molecule has 1 aliphatic rings. The highest BCUT2D eigenvalue weighted by Crippen LogP contribution is 2.18. The SMILES string of the molecule is CCOc1ccc([C@@H](C)NC(=O)N[C@H]2CCS(=O)(=O)C2)cc1. The summed E-state index contributed by atoms with van der Waals surface area (Å²) in [5.74, 6) is 0.962. The number of hydrogen-bond donors (Lipinski definition) is 2. The van der Waals surface area contributed by atoms with E-state index in [0.717, 1.165) is 11.3 Å². The number of benzene rings is 1. The molecule has 0 unspecified atom stereocenters. The number of amides is 2. The number of ether oxygens (including phenoxy) is 1. The maximum atomic E-state index is 11.9. The number of carbonyl (C=O) groups is 1. The van der Waals surface area contributed by atoms with Gasteiger partial charge in [-0.15, -0.1) is 0 Å². The molecule has 0 aliphatic carbocycles. The third kappa shape index (κ3) is 4.62. The number of rotatable bonds is 5. The minimum atomic E-state index is -2.99. The molecule has 1 aromatic rings. The van der Waals surface area contributed by atoms with Gasteiger partial charge in [-0.2, -0.15) is 0 Å². The van der Waals surface area contributed by atoms with Crippen LogP contribution in [0.1, 0.15) is 31.9 Å². The molecule has 0 radical (unpaired) electrons. The second-order valence-corrected chi connectivity index (χ2v) is 7.67. The number of sulfone groups is 1. The molecule has 0 aromatic heterocycles. The molecule has 6 nitrogen and oxygen atoms in total. The monoisotopic (exact) mass is 326 g/mol. The van der Waals surface area contributed by atoms with Crippen molar-refractivity contribution in [3.05, 3.63) is 29.8 Å². The van der Waals surface area contributed by atoms with Gasteiger partial charge in [0, 0.05) is 6.04 Å². The molecule has 1 fully saturated rings. The fourth-order valence-corrected chi connectivity index (χ4v) is 4.11. The van der Waals surface area contributed by atoms with E-state index in [2.05, 4.69) is 10.6 Å². The molecule has 1 aromatic carbocycles. The van der Waals surface area contributed by atoms with Crippen LogP contribution in [0, 0.1) is 0 Å². The van der Waals surface area contributed by atoms with Gasteiger partial charge in [0.2, 0.25) is 0 Å². The lowest BCUT2D eigenvalue weighted by molar-refractivity contribution is 0.235. The summed E-state index contributed by atoms with van der Waals surface area (Å²) in [6.45, 7) is 4.41. The minimum absolute atomic E-state index is 0.0256. The summed E-state index contributed by atoms with van der Waals surface area (Å²) >= 11 is 0. The van der Waals surface area contributed by atoms with E-state index < -0.39 is 9.84 Å². The molecular formula is C15H22N2O4S. The van der Waals surface area contributed by atoms with Gasteiger partial charge >= 0.3 is 6.03 Å². The van der Waals surface area contributed by atoms with Gasteiger partial charge < -0.3 is 15.4 Å². The van der Waals surface area contributed by atoms with Crippen molar-refractivity contribution >= 4 is 15.9 Å². The average molecular weight is 326 g/mol. The van der Waals surface area contributed by atoms with Crippen molar-refractivity contribution in [1.82, 2.24) is 10.6 Å². The third-order valence-corrected chi connectivity index (χ3v) is 5.37. The zero-order valence-electron chi connectivity index (χ0n) is 12.8. The summed E-state index contributed by atoms with van der Waals surface area (Å²) in [5.41, 5.74) is 0.956. The first-order chi connectivity index (χ1) is 10.4. The Morgan fingerprint density at radius 1 is 1.36 bits per heavy atom. The number of urea groups is 1. The van der Waals surface area contributed by atoms with Crippen LogP contribution in [-0.4, -0.2) is 38.6 Å². The molecule has 1 aliphatic heterocycles. The maximum absolute atomic E-state index is 11.9. The Morgan fingerprint density at radius 2 is 2.05 bits per heavy atom. The van der Waals surface area contributed by atoms with Crippen LogP contribution in [0.25, 0.3) is 0 Å². The van der Waals surface area contributed by atoms with Gasteiger partial charge in [0.05, 0.1) is 24.2 Å². The number of hydrogen-bond acceptors (Lipinski definition) is 4. The Kier molecular flexibility index (Phi) is 5.28.